The molecule has 0 spiro atoms. The Labute approximate surface area is 125 Å². The van der Waals surface area contributed by atoms with Crippen LogP contribution in [0.25, 0.3) is 0 Å². The van der Waals surface area contributed by atoms with Crippen LogP contribution in [0.5, 0.6) is 0 Å². The highest BCUT2D eigenvalue weighted by atomic mass is 32.2. The SMILES string of the molecule is CCC(O)c1c(C)nn(CCSc2ccccc2)c1C. The Morgan fingerprint density at radius 1 is 1.25 bits per heavy atom. The first-order valence-corrected chi connectivity index (χ1v) is 8.01. The molecule has 4 heteroatoms. The molecule has 0 saturated carbocycles. The number of hydrogen-bond donors (Lipinski definition) is 1. The minimum Gasteiger partial charge on any atom is -0.388 e. The lowest BCUT2D eigenvalue weighted by Gasteiger charge is -2.09. The van der Waals surface area contributed by atoms with Gasteiger partial charge in [-0.1, -0.05) is 25.1 Å². The lowest BCUT2D eigenvalue weighted by molar-refractivity contribution is 0.172. The molecule has 20 heavy (non-hydrogen) atoms. The third kappa shape index (κ3) is 3.44. The number of benzene rings is 1. The third-order valence-electron chi connectivity index (χ3n) is 3.47. The second-order valence-electron chi connectivity index (χ2n) is 4.89. The molecule has 2 aromatic rings. The standard InChI is InChI=1S/C16H22N2OS/c1-4-15(19)16-12(2)17-18(13(16)3)10-11-20-14-8-6-5-7-9-14/h5-9,15,19H,4,10-11H2,1-3H3. The van der Waals surface area contributed by atoms with E-state index in [4.69, 9.17) is 0 Å². The molecule has 1 aromatic carbocycles. The lowest BCUT2D eigenvalue weighted by atomic mass is 10.1. The number of aromatic nitrogens is 2. The predicted molar refractivity (Wildman–Crippen MR) is 84.1 cm³/mol. The molecule has 1 unspecified atom stereocenters. The van der Waals surface area contributed by atoms with Gasteiger partial charge >= 0.3 is 0 Å². The summed E-state index contributed by atoms with van der Waals surface area (Å²) in [5.74, 6) is 0.980. The summed E-state index contributed by atoms with van der Waals surface area (Å²) in [6, 6.07) is 10.4. The van der Waals surface area contributed by atoms with Crippen LogP contribution in [-0.4, -0.2) is 20.6 Å². The van der Waals surface area contributed by atoms with Gasteiger partial charge in [0.1, 0.15) is 0 Å². The quantitative estimate of drug-likeness (QED) is 0.824. The van der Waals surface area contributed by atoms with Gasteiger partial charge in [-0.3, -0.25) is 4.68 Å². The first-order chi connectivity index (χ1) is 9.63. The van der Waals surface area contributed by atoms with E-state index in [1.165, 1.54) is 4.90 Å². The van der Waals surface area contributed by atoms with E-state index in [2.05, 4.69) is 29.4 Å². The number of nitrogens with zero attached hydrogens (tertiary/aromatic N) is 2. The second kappa shape index (κ2) is 6.95. The fourth-order valence-corrected chi connectivity index (χ4v) is 3.23. The van der Waals surface area contributed by atoms with Crippen LogP contribution in [0, 0.1) is 13.8 Å². The van der Waals surface area contributed by atoms with Crippen molar-refractivity contribution in [2.75, 3.05) is 5.75 Å². The van der Waals surface area contributed by atoms with Crippen LogP contribution in [-0.2, 0) is 6.54 Å². The fourth-order valence-electron chi connectivity index (χ4n) is 2.38. The summed E-state index contributed by atoms with van der Waals surface area (Å²) < 4.78 is 2.01. The van der Waals surface area contributed by atoms with E-state index in [-0.39, 0.29) is 0 Å². The van der Waals surface area contributed by atoms with Crippen molar-refractivity contribution in [2.45, 2.75) is 44.7 Å². The van der Waals surface area contributed by atoms with Gasteiger partial charge in [-0.2, -0.15) is 5.10 Å². The van der Waals surface area contributed by atoms with Crippen molar-refractivity contribution in [1.29, 1.82) is 0 Å². The third-order valence-corrected chi connectivity index (χ3v) is 4.46. The van der Waals surface area contributed by atoms with E-state index in [1.807, 2.05) is 43.3 Å². The Morgan fingerprint density at radius 3 is 2.60 bits per heavy atom. The summed E-state index contributed by atoms with van der Waals surface area (Å²) in [5.41, 5.74) is 3.03. The van der Waals surface area contributed by atoms with Crippen molar-refractivity contribution in [2.24, 2.45) is 0 Å². The largest absolute Gasteiger partial charge is 0.388 e. The van der Waals surface area contributed by atoms with Crippen molar-refractivity contribution in [3.63, 3.8) is 0 Å². The number of hydrogen-bond acceptors (Lipinski definition) is 3. The molecule has 1 atom stereocenters. The van der Waals surface area contributed by atoms with Crippen molar-refractivity contribution in [3.8, 4) is 0 Å². The van der Waals surface area contributed by atoms with Gasteiger partial charge in [0.15, 0.2) is 0 Å². The van der Waals surface area contributed by atoms with Gasteiger partial charge in [0.25, 0.3) is 0 Å². The summed E-state index contributed by atoms with van der Waals surface area (Å²) in [4.78, 5) is 1.28. The summed E-state index contributed by atoms with van der Waals surface area (Å²) in [7, 11) is 0. The van der Waals surface area contributed by atoms with Gasteiger partial charge < -0.3 is 5.11 Å². The normalized spacial score (nSPS) is 12.6. The van der Waals surface area contributed by atoms with E-state index in [9.17, 15) is 5.11 Å². The van der Waals surface area contributed by atoms with Gasteiger partial charge in [0.2, 0.25) is 0 Å². The number of aryl methyl sites for hydroxylation is 2. The van der Waals surface area contributed by atoms with Crippen molar-refractivity contribution >= 4 is 11.8 Å². The monoisotopic (exact) mass is 290 g/mol. The molecule has 0 amide bonds. The molecule has 1 aromatic heterocycles. The molecule has 0 fully saturated rings. The molecular weight excluding hydrogens is 268 g/mol. The highest BCUT2D eigenvalue weighted by Gasteiger charge is 2.17. The summed E-state index contributed by atoms with van der Waals surface area (Å²) in [5, 5.41) is 14.6. The molecule has 0 aliphatic rings. The molecule has 0 saturated heterocycles. The van der Waals surface area contributed by atoms with Crippen LogP contribution >= 0.6 is 11.8 Å². The minimum absolute atomic E-state index is 0.398. The highest BCUT2D eigenvalue weighted by Crippen LogP contribution is 2.24. The Bertz CT molecular complexity index is 551. The predicted octanol–water partition coefficient (Wildman–Crippen LogP) is 3.74. The van der Waals surface area contributed by atoms with Crippen LogP contribution in [0.4, 0.5) is 0 Å². The van der Waals surface area contributed by atoms with Gasteiger partial charge in [-0.05, 0) is 32.4 Å². The van der Waals surface area contributed by atoms with E-state index in [0.29, 0.717) is 0 Å². The van der Waals surface area contributed by atoms with E-state index >= 15 is 0 Å². The van der Waals surface area contributed by atoms with Crippen molar-refractivity contribution in [1.82, 2.24) is 9.78 Å². The number of aliphatic hydroxyl groups excluding tert-OH is 1. The Hall–Kier alpha value is -1.26. The summed E-state index contributed by atoms with van der Waals surface area (Å²) >= 11 is 1.83. The molecule has 0 aliphatic carbocycles. The summed E-state index contributed by atoms with van der Waals surface area (Å²) in [6.45, 7) is 6.87. The first kappa shape index (κ1) is 15.1. The molecular formula is C16H22N2OS. The Balaban J connectivity index is 2.00. The molecule has 0 radical (unpaired) electrons. The lowest BCUT2D eigenvalue weighted by Crippen LogP contribution is -2.06. The zero-order valence-electron chi connectivity index (χ0n) is 12.3. The van der Waals surface area contributed by atoms with Gasteiger partial charge in [-0.15, -0.1) is 11.8 Å². The average Bonchev–Trinajstić information content (AvgIpc) is 2.74. The molecule has 0 aliphatic heterocycles. The topological polar surface area (TPSA) is 38.1 Å². The molecule has 1 heterocycles. The molecule has 2 rings (SSSR count). The van der Waals surface area contributed by atoms with Crippen LogP contribution in [0.1, 0.15) is 36.4 Å². The number of thioether (sulfide) groups is 1. The van der Waals surface area contributed by atoms with E-state index in [0.717, 1.165) is 35.7 Å². The van der Waals surface area contributed by atoms with E-state index < -0.39 is 6.10 Å². The fraction of sp³-hybridized carbons (Fsp3) is 0.438. The maximum absolute atomic E-state index is 10.0. The maximum atomic E-state index is 10.0. The van der Waals surface area contributed by atoms with Crippen LogP contribution in [0.2, 0.25) is 0 Å². The second-order valence-corrected chi connectivity index (χ2v) is 6.06. The van der Waals surface area contributed by atoms with Crippen molar-refractivity contribution < 1.29 is 5.11 Å². The molecule has 108 valence electrons. The van der Waals surface area contributed by atoms with Crippen LogP contribution in [0.3, 0.4) is 0 Å². The zero-order valence-corrected chi connectivity index (χ0v) is 13.2. The molecule has 1 N–H and O–H groups in total. The minimum atomic E-state index is -0.398. The van der Waals surface area contributed by atoms with Gasteiger partial charge in [-0.25, -0.2) is 0 Å². The van der Waals surface area contributed by atoms with Gasteiger partial charge in [0.05, 0.1) is 18.3 Å². The smallest absolute Gasteiger partial charge is 0.0823 e. The summed E-state index contributed by atoms with van der Waals surface area (Å²) in [6.07, 6.45) is 0.331. The average molecular weight is 290 g/mol. The van der Waals surface area contributed by atoms with Gasteiger partial charge in [0, 0.05) is 21.9 Å². The number of rotatable bonds is 6. The van der Waals surface area contributed by atoms with Crippen molar-refractivity contribution in [3.05, 3.63) is 47.3 Å². The van der Waals surface area contributed by atoms with E-state index in [1.54, 1.807) is 0 Å². The number of aliphatic hydroxyl groups is 1. The van der Waals surface area contributed by atoms with Crippen LogP contribution in [0.15, 0.2) is 35.2 Å². The first-order valence-electron chi connectivity index (χ1n) is 7.03. The Kier molecular flexibility index (Phi) is 5.26. The molecule has 0 bridgehead atoms. The Morgan fingerprint density at radius 2 is 1.95 bits per heavy atom. The maximum Gasteiger partial charge on any atom is 0.0823 e. The molecule has 3 nitrogen and oxygen atoms in total. The zero-order chi connectivity index (χ0) is 14.5. The van der Waals surface area contributed by atoms with Crippen LogP contribution < -0.4 is 0 Å². The highest BCUT2D eigenvalue weighted by molar-refractivity contribution is 7.99.